The Kier molecular flexibility index (Phi) is 3.07. The summed E-state index contributed by atoms with van der Waals surface area (Å²) in [6.45, 7) is 2.10. The van der Waals surface area contributed by atoms with Gasteiger partial charge >= 0.3 is 6.03 Å². The lowest BCUT2D eigenvalue weighted by molar-refractivity contribution is -0.126. The third-order valence-corrected chi connectivity index (χ3v) is 3.26. The van der Waals surface area contributed by atoms with Crippen molar-refractivity contribution in [2.75, 3.05) is 6.54 Å². The number of imide groups is 1. The second-order valence-corrected chi connectivity index (χ2v) is 4.30. The molecule has 0 aromatic heterocycles. The van der Waals surface area contributed by atoms with Crippen LogP contribution in [0.4, 0.5) is 4.79 Å². The largest absolute Gasteiger partial charge is 0.325 e. The van der Waals surface area contributed by atoms with Gasteiger partial charge < -0.3 is 4.90 Å². The fourth-order valence-electron chi connectivity index (χ4n) is 2.16. The molecule has 1 unspecified atom stereocenters. The van der Waals surface area contributed by atoms with E-state index in [9.17, 15) is 9.59 Å². The molecule has 1 N–H and O–H groups in total. The maximum Gasteiger partial charge on any atom is 0.325 e. The van der Waals surface area contributed by atoms with Crippen molar-refractivity contribution in [1.29, 1.82) is 0 Å². The van der Waals surface area contributed by atoms with E-state index in [1.807, 2.05) is 30.3 Å². The molecule has 1 atom stereocenters. The highest BCUT2D eigenvalue weighted by atomic mass is 16.2. The SMILES string of the molecule is C#CCCN1C(=O)NC(=O)C1(C)c1ccccc1. The summed E-state index contributed by atoms with van der Waals surface area (Å²) in [6, 6.07) is 8.84. The topological polar surface area (TPSA) is 49.4 Å². The van der Waals surface area contributed by atoms with E-state index in [1.54, 1.807) is 6.92 Å². The van der Waals surface area contributed by atoms with Crippen molar-refractivity contribution in [1.82, 2.24) is 10.2 Å². The van der Waals surface area contributed by atoms with E-state index >= 15 is 0 Å². The number of urea groups is 1. The molecule has 0 spiro atoms. The van der Waals surface area contributed by atoms with Gasteiger partial charge in [-0.15, -0.1) is 12.3 Å². The van der Waals surface area contributed by atoms with E-state index in [1.165, 1.54) is 4.90 Å². The Labute approximate surface area is 106 Å². The molecule has 0 saturated carbocycles. The second-order valence-electron chi connectivity index (χ2n) is 4.30. The maximum atomic E-state index is 12.1. The van der Waals surface area contributed by atoms with Gasteiger partial charge in [0.15, 0.2) is 0 Å². The summed E-state index contributed by atoms with van der Waals surface area (Å²) in [4.78, 5) is 25.4. The van der Waals surface area contributed by atoms with E-state index in [0.717, 1.165) is 5.56 Å². The van der Waals surface area contributed by atoms with Crippen molar-refractivity contribution in [3.8, 4) is 12.3 Å². The van der Waals surface area contributed by atoms with Gasteiger partial charge in [-0.1, -0.05) is 30.3 Å². The van der Waals surface area contributed by atoms with E-state index in [-0.39, 0.29) is 11.9 Å². The lowest BCUT2D eigenvalue weighted by Gasteiger charge is -2.31. The number of terminal acetylenes is 1. The standard InChI is InChI=1S/C14H14N2O2/c1-3-4-10-16-13(18)15-12(17)14(16,2)11-8-6-5-7-9-11/h1,5-9H,4,10H2,2H3,(H,15,17,18). The molecule has 2 rings (SSSR count). The summed E-state index contributed by atoms with van der Waals surface area (Å²) < 4.78 is 0. The zero-order chi connectivity index (χ0) is 13.2. The van der Waals surface area contributed by atoms with Gasteiger partial charge in [-0.25, -0.2) is 4.79 Å². The summed E-state index contributed by atoms with van der Waals surface area (Å²) in [7, 11) is 0. The van der Waals surface area contributed by atoms with Crippen LogP contribution in [0.25, 0.3) is 0 Å². The Hall–Kier alpha value is -2.28. The first-order chi connectivity index (χ1) is 8.60. The van der Waals surface area contributed by atoms with Gasteiger partial charge in [0.05, 0.1) is 0 Å². The predicted molar refractivity (Wildman–Crippen MR) is 67.5 cm³/mol. The van der Waals surface area contributed by atoms with Crippen LogP contribution in [0.3, 0.4) is 0 Å². The highest BCUT2D eigenvalue weighted by molar-refractivity contribution is 6.07. The molecule has 0 radical (unpaired) electrons. The molecule has 4 nitrogen and oxygen atoms in total. The molecule has 18 heavy (non-hydrogen) atoms. The first-order valence-electron chi connectivity index (χ1n) is 5.72. The number of carbonyl (C=O) groups excluding carboxylic acids is 2. The Morgan fingerprint density at radius 1 is 1.33 bits per heavy atom. The van der Waals surface area contributed by atoms with Gasteiger partial charge in [0.25, 0.3) is 5.91 Å². The Morgan fingerprint density at radius 2 is 2.00 bits per heavy atom. The van der Waals surface area contributed by atoms with Gasteiger partial charge in [-0.05, 0) is 12.5 Å². The van der Waals surface area contributed by atoms with Crippen LogP contribution >= 0.6 is 0 Å². The van der Waals surface area contributed by atoms with E-state index in [2.05, 4.69) is 11.2 Å². The molecule has 1 fully saturated rings. The van der Waals surface area contributed by atoms with Gasteiger partial charge in [0.1, 0.15) is 5.54 Å². The number of hydrogen-bond acceptors (Lipinski definition) is 2. The number of nitrogens with zero attached hydrogens (tertiary/aromatic N) is 1. The average Bonchev–Trinajstić information content (AvgIpc) is 2.60. The van der Waals surface area contributed by atoms with Crippen LogP contribution in [0, 0.1) is 12.3 Å². The summed E-state index contributed by atoms with van der Waals surface area (Å²) >= 11 is 0. The van der Waals surface area contributed by atoms with Gasteiger partial charge in [0.2, 0.25) is 0 Å². The normalized spacial score (nSPS) is 22.8. The lowest BCUT2D eigenvalue weighted by atomic mass is 9.90. The Morgan fingerprint density at radius 3 is 2.61 bits per heavy atom. The fourth-order valence-corrected chi connectivity index (χ4v) is 2.16. The first kappa shape index (κ1) is 12.2. The molecule has 3 amide bonds. The predicted octanol–water partition coefficient (Wildman–Crippen LogP) is 1.48. The van der Waals surface area contributed by atoms with Crippen molar-refractivity contribution in [2.24, 2.45) is 0 Å². The molecule has 1 aliphatic rings. The summed E-state index contributed by atoms with van der Waals surface area (Å²) in [6.07, 6.45) is 5.64. The quantitative estimate of drug-likeness (QED) is 0.644. The number of amides is 3. The van der Waals surface area contributed by atoms with Crippen LogP contribution < -0.4 is 5.32 Å². The van der Waals surface area contributed by atoms with E-state index < -0.39 is 5.54 Å². The van der Waals surface area contributed by atoms with Crippen molar-refractivity contribution in [3.63, 3.8) is 0 Å². The Balaban J connectivity index is 2.41. The van der Waals surface area contributed by atoms with Crippen molar-refractivity contribution >= 4 is 11.9 Å². The van der Waals surface area contributed by atoms with Crippen LogP contribution in [-0.4, -0.2) is 23.4 Å². The summed E-state index contributed by atoms with van der Waals surface area (Å²) in [5.41, 5.74) is -0.194. The van der Waals surface area contributed by atoms with Crippen molar-refractivity contribution < 1.29 is 9.59 Å². The van der Waals surface area contributed by atoms with Crippen molar-refractivity contribution in [3.05, 3.63) is 35.9 Å². The molecular weight excluding hydrogens is 228 g/mol. The molecular formula is C14H14N2O2. The molecule has 4 heteroatoms. The lowest BCUT2D eigenvalue weighted by Crippen LogP contribution is -2.44. The molecule has 0 aliphatic carbocycles. The third-order valence-electron chi connectivity index (χ3n) is 3.26. The Bertz CT molecular complexity index is 518. The van der Waals surface area contributed by atoms with Crippen LogP contribution in [0.15, 0.2) is 30.3 Å². The minimum absolute atomic E-state index is 0.310. The third kappa shape index (κ3) is 1.74. The van der Waals surface area contributed by atoms with Crippen LogP contribution in [0.5, 0.6) is 0 Å². The van der Waals surface area contributed by atoms with Gasteiger partial charge in [0, 0.05) is 13.0 Å². The van der Waals surface area contributed by atoms with Gasteiger partial charge in [-0.2, -0.15) is 0 Å². The number of benzene rings is 1. The average molecular weight is 242 g/mol. The van der Waals surface area contributed by atoms with E-state index in [4.69, 9.17) is 6.42 Å². The second kappa shape index (κ2) is 4.53. The molecule has 1 heterocycles. The number of rotatable bonds is 3. The minimum atomic E-state index is -0.977. The zero-order valence-corrected chi connectivity index (χ0v) is 10.1. The first-order valence-corrected chi connectivity index (χ1v) is 5.72. The summed E-state index contributed by atoms with van der Waals surface area (Å²) in [5, 5.41) is 2.34. The molecule has 92 valence electrons. The number of nitrogens with one attached hydrogen (secondary N) is 1. The smallest absolute Gasteiger partial charge is 0.305 e. The minimum Gasteiger partial charge on any atom is -0.305 e. The highest BCUT2D eigenvalue weighted by Crippen LogP contribution is 2.32. The van der Waals surface area contributed by atoms with Crippen LogP contribution in [-0.2, 0) is 10.3 Å². The van der Waals surface area contributed by atoms with Crippen LogP contribution in [0.2, 0.25) is 0 Å². The number of carbonyl (C=O) groups is 2. The molecule has 1 saturated heterocycles. The monoisotopic (exact) mass is 242 g/mol. The fraction of sp³-hybridized carbons (Fsp3) is 0.286. The maximum absolute atomic E-state index is 12.1. The van der Waals surface area contributed by atoms with E-state index in [0.29, 0.717) is 13.0 Å². The van der Waals surface area contributed by atoms with Gasteiger partial charge in [-0.3, -0.25) is 10.1 Å². The number of hydrogen-bond donors (Lipinski definition) is 1. The molecule has 0 bridgehead atoms. The molecule has 1 aromatic rings. The van der Waals surface area contributed by atoms with Crippen LogP contribution in [0.1, 0.15) is 18.9 Å². The molecule has 1 aliphatic heterocycles. The van der Waals surface area contributed by atoms with Crippen molar-refractivity contribution in [2.45, 2.75) is 18.9 Å². The molecule has 1 aromatic carbocycles. The zero-order valence-electron chi connectivity index (χ0n) is 10.1. The highest BCUT2D eigenvalue weighted by Gasteiger charge is 2.49. The summed E-state index contributed by atoms with van der Waals surface area (Å²) in [5.74, 6) is 2.18.